The molecule has 5 heteroatoms. The molecule has 3 heterocycles. The molecule has 0 spiro atoms. The summed E-state index contributed by atoms with van der Waals surface area (Å²) in [6.45, 7) is 3.32. The summed E-state index contributed by atoms with van der Waals surface area (Å²) in [4.78, 5) is 11.5. The van der Waals surface area contributed by atoms with Gasteiger partial charge in [0.1, 0.15) is 5.82 Å². The first-order chi connectivity index (χ1) is 9.42. The van der Waals surface area contributed by atoms with E-state index in [2.05, 4.69) is 20.9 Å². The highest BCUT2D eigenvalue weighted by Crippen LogP contribution is 2.18. The number of hydrogen-bond donors (Lipinski definition) is 0. The Hall–Kier alpha value is -2.14. The molecule has 19 heavy (non-hydrogen) atoms. The molecule has 0 unspecified atom stereocenters. The highest BCUT2D eigenvalue weighted by molar-refractivity contribution is 5.79. The summed E-state index contributed by atoms with van der Waals surface area (Å²) in [5, 5.41) is 0. The van der Waals surface area contributed by atoms with Crippen molar-refractivity contribution in [3.05, 3.63) is 36.5 Å². The van der Waals surface area contributed by atoms with Crippen molar-refractivity contribution in [1.82, 2.24) is 14.4 Å². The third-order valence-corrected chi connectivity index (χ3v) is 3.50. The lowest BCUT2D eigenvalue weighted by Gasteiger charge is -2.27. The number of imidazole rings is 1. The topological polar surface area (TPSA) is 42.7 Å². The summed E-state index contributed by atoms with van der Waals surface area (Å²) in [6.07, 6.45) is 2.04. The van der Waals surface area contributed by atoms with Crippen molar-refractivity contribution < 1.29 is 4.74 Å². The van der Waals surface area contributed by atoms with E-state index < -0.39 is 0 Å². The highest BCUT2D eigenvalue weighted by atomic mass is 16.5. The zero-order chi connectivity index (χ0) is 12.7. The fraction of sp³-hybridized carbons (Fsp3) is 0.286. The molecule has 0 radical (unpaired) electrons. The van der Waals surface area contributed by atoms with Crippen molar-refractivity contribution in [2.24, 2.45) is 0 Å². The molecule has 1 aliphatic heterocycles. The second-order valence-corrected chi connectivity index (χ2v) is 4.66. The van der Waals surface area contributed by atoms with Crippen molar-refractivity contribution in [2.45, 2.75) is 0 Å². The average molecular weight is 254 g/mol. The molecule has 0 aliphatic carbocycles. The smallest absolute Gasteiger partial charge is 0.236 e. The molecule has 0 N–H and O–H groups in total. The molecule has 1 saturated heterocycles. The van der Waals surface area contributed by atoms with Crippen LogP contribution in [0.15, 0.2) is 36.5 Å². The summed E-state index contributed by atoms with van der Waals surface area (Å²) in [6, 6.07) is 10.1. The van der Waals surface area contributed by atoms with Gasteiger partial charge in [-0.1, -0.05) is 12.1 Å². The Kier molecular flexibility index (Phi) is 2.38. The minimum atomic E-state index is 0.755. The lowest BCUT2D eigenvalue weighted by Crippen LogP contribution is -2.36. The Morgan fingerprint density at radius 1 is 1.00 bits per heavy atom. The fourth-order valence-electron chi connectivity index (χ4n) is 2.51. The van der Waals surface area contributed by atoms with Gasteiger partial charge in [-0.25, -0.2) is 4.98 Å². The number of para-hydroxylation sites is 2. The van der Waals surface area contributed by atoms with Gasteiger partial charge in [0.25, 0.3) is 0 Å². The third-order valence-electron chi connectivity index (χ3n) is 3.50. The predicted molar refractivity (Wildman–Crippen MR) is 73.5 cm³/mol. The van der Waals surface area contributed by atoms with E-state index >= 15 is 0 Å². The molecule has 0 bridgehead atoms. The van der Waals surface area contributed by atoms with Crippen LogP contribution in [0.5, 0.6) is 0 Å². The first-order valence-corrected chi connectivity index (χ1v) is 6.48. The van der Waals surface area contributed by atoms with Crippen LogP contribution in [-0.4, -0.2) is 40.7 Å². The van der Waals surface area contributed by atoms with Gasteiger partial charge in [-0.2, -0.15) is 4.98 Å². The third kappa shape index (κ3) is 1.74. The van der Waals surface area contributed by atoms with Crippen molar-refractivity contribution in [2.75, 3.05) is 31.2 Å². The van der Waals surface area contributed by atoms with E-state index in [1.54, 1.807) is 0 Å². The van der Waals surface area contributed by atoms with Crippen LogP contribution in [-0.2, 0) is 4.74 Å². The Morgan fingerprint density at radius 3 is 2.74 bits per heavy atom. The molecule has 5 nitrogen and oxygen atoms in total. The lowest BCUT2D eigenvalue weighted by molar-refractivity contribution is 0.122. The van der Waals surface area contributed by atoms with Crippen molar-refractivity contribution in [1.29, 1.82) is 0 Å². The number of hydrogen-bond acceptors (Lipinski definition) is 4. The van der Waals surface area contributed by atoms with Crippen LogP contribution in [0.1, 0.15) is 0 Å². The zero-order valence-corrected chi connectivity index (χ0v) is 10.5. The normalized spacial score (nSPS) is 16.3. The van der Waals surface area contributed by atoms with Gasteiger partial charge in [0.15, 0.2) is 0 Å². The molecule has 1 aliphatic rings. The standard InChI is InChI=1S/C14H14N4O/c1-2-4-12-11(3-1)15-14-16-13(5-6-18(12)14)17-7-9-19-10-8-17/h1-6H,7-10H2. The monoisotopic (exact) mass is 254 g/mol. The molecule has 0 atom stereocenters. The van der Waals surface area contributed by atoms with E-state index in [0.29, 0.717) is 0 Å². The first-order valence-electron chi connectivity index (χ1n) is 6.48. The summed E-state index contributed by atoms with van der Waals surface area (Å²) >= 11 is 0. The second-order valence-electron chi connectivity index (χ2n) is 4.66. The summed E-state index contributed by atoms with van der Waals surface area (Å²) < 4.78 is 7.39. The zero-order valence-electron chi connectivity index (χ0n) is 10.5. The maximum Gasteiger partial charge on any atom is 0.236 e. The maximum absolute atomic E-state index is 5.37. The number of nitrogens with zero attached hydrogens (tertiary/aromatic N) is 4. The molecule has 0 amide bonds. The van der Waals surface area contributed by atoms with Crippen LogP contribution in [0.25, 0.3) is 16.8 Å². The Bertz CT molecular complexity index is 730. The van der Waals surface area contributed by atoms with Crippen LogP contribution in [0.3, 0.4) is 0 Å². The highest BCUT2D eigenvalue weighted by Gasteiger charge is 2.13. The molecule has 96 valence electrons. The van der Waals surface area contributed by atoms with Gasteiger partial charge < -0.3 is 9.64 Å². The number of ether oxygens (including phenoxy) is 1. The first kappa shape index (κ1) is 10.8. The van der Waals surface area contributed by atoms with E-state index in [-0.39, 0.29) is 0 Å². The molecule has 0 saturated carbocycles. The molecular weight excluding hydrogens is 240 g/mol. The van der Waals surface area contributed by atoms with Gasteiger partial charge >= 0.3 is 0 Å². The van der Waals surface area contributed by atoms with Crippen LogP contribution < -0.4 is 4.90 Å². The van der Waals surface area contributed by atoms with E-state index in [4.69, 9.17) is 4.74 Å². The maximum atomic E-state index is 5.37. The summed E-state index contributed by atoms with van der Waals surface area (Å²) in [5.74, 6) is 1.73. The van der Waals surface area contributed by atoms with E-state index in [1.807, 2.05) is 34.9 Å². The largest absolute Gasteiger partial charge is 0.378 e. The fourth-order valence-corrected chi connectivity index (χ4v) is 2.51. The predicted octanol–water partition coefficient (Wildman–Crippen LogP) is 1.72. The molecule has 2 aromatic heterocycles. The van der Waals surface area contributed by atoms with Gasteiger partial charge in [-0.15, -0.1) is 0 Å². The molecule has 4 rings (SSSR count). The van der Waals surface area contributed by atoms with Gasteiger partial charge in [0.05, 0.1) is 24.2 Å². The number of fused-ring (bicyclic) bond motifs is 3. The average Bonchev–Trinajstić information content (AvgIpc) is 2.86. The Labute approximate surface area is 110 Å². The van der Waals surface area contributed by atoms with Crippen molar-refractivity contribution in [3.63, 3.8) is 0 Å². The minimum absolute atomic E-state index is 0.755. The molecule has 1 fully saturated rings. The number of rotatable bonds is 1. The second kappa shape index (κ2) is 4.20. The summed E-state index contributed by atoms with van der Waals surface area (Å²) in [7, 11) is 0. The molecule has 3 aromatic rings. The summed E-state index contributed by atoms with van der Waals surface area (Å²) in [5.41, 5.74) is 2.08. The van der Waals surface area contributed by atoms with Crippen molar-refractivity contribution >= 4 is 22.6 Å². The SMILES string of the molecule is c1ccc2c(c1)nc1nc(N3CCOCC3)ccn12. The number of anilines is 1. The number of aromatic nitrogens is 3. The van der Waals surface area contributed by atoms with Crippen LogP contribution >= 0.6 is 0 Å². The number of benzene rings is 1. The quantitative estimate of drug-likeness (QED) is 0.663. The lowest BCUT2D eigenvalue weighted by atomic mass is 10.3. The van der Waals surface area contributed by atoms with E-state index in [0.717, 1.165) is 48.9 Å². The van der Waals surface area contributed by atoms with E-state index in [9.17, 15) is 0 Å². The van der Waals surface area contributed by atoms with Crippen LogP contribution in [0, 0.1) is 0 Å². The van der Waals surface area contributed by atoms with E-state index in [1.165, 1.54) is 0 Å². The molecular formula is C14H14N4O. The Morgan fingerprint density at radius 2 is 1.84 bits per heavy atom. The minimum Gasteiger partial charge on any atom is -0.378 e. The van der Waals surface area contributed by atoms with Crippen LogP contribution in [0.2, 0.25) is 0 Å². The van der Waals surface area contributed by atoms with Crippen molar-refractivity contribution in [3.8, 4) is 0 Å². The van der Waals surface area contributed by atoms with Gasteiger partial charge in [-0.3, -0.25) is 4.40 Å². The van der Waals surface area contributed by atoms with Gasteiger partial charge in [0, 0.05) is 19.3 Å². The van der Waals surface area contributed by atoms with Crippen LogP contribution in [0.4, 0.5) is 5.82 Å². The number of morpholine rings is 1. The molecule has 1 aromatic carbocycles. The van der Waals surface area contributed by atoms with Gasteiger partial charge in [-0.05, 0) is 18.2 Å². The van der Waals surface area contributed by atoms with Gasteiger partial charge in [0.2, 0.25) is 5.78 Å². The Balaban J connectivity index is 1.84.